The quantitative estimate of drug-likeness (QED) is 0.487. The summed E-state index contributed by atoms with van der Waals surface area (Å²) in [5.41, 5.74) is 2.77. The maximum Gasteiger partial charge on any atom is 0.288 e. The van der Waals surface area contributed by atoms with Gasteiger partial charge in [-0.3, -0.25) is 0 Å². The summed E-state index contributed by atoms with van der Waals surface area (Å²) < 4.78 is 2.53. The molecule has 1 N–H and O–H groups in total. The van der Waals surface area contributed by atoms with Crippen LogP contribution in [-0.4, -0.2) is 24.9 Å². The molecule has 0 bridgehead atoms. The number of rotatable bonds is 3. The Labute approximate surface area is 157 Å². The fraction of sp³-hybridized carbons (Fsp3) is 0.0556. The van der Waals surface area contributed by atoms with E-state index in [0.717, 1.165) is 20.9 Å². The molecule has 0 atom stereocenters. The Morgan fingerprint density at radius 3 is 2.69 bits per heavy atom. The highest BCUT2D eigenvalue weighted by atomic mass is 79.9. The number of aromatic hydroxyl groups is 1. The van der Waals surface area contributed by atoms with E-state index in [9.17, 15) is 5.11 Å². The van der Waals surface area contributed by atoms with Gasteiger partial charge in [-0.1, -0.05) is 46.3 Å². The Balaban J connectivity index is 1.75. The van der Waals surface area contributed by atoms with Crippen LogP contribution in [0.1, 0.15) is 0 Å². The van der Waals surface area contributed by atoms with Gasteiger partial charge in [0.05, 0.1) is 17.4 Å². The van der Waals surface area contributed by atoms with E-state index >= 15 is 0 Å². The molecular formula is C18H13BrN6O. The van der Waals surface area contributed by atoms with Crippen LogP contribution in [0.3, 0.4) is 0 Å². The largest absolute Gasteiger partial charge is 0.493 e. The minimum Gasteiger partial charge on any atom is -0.493 e. The Hall–Kier alpha value is -3.13. The highest BCUT2D eigenvalue weighted by molar-refractivity contribution is 9.10. The second-order valence-corrected chi connectivity index (χ2v) is 6.52. The molecular weight excluding hydrogens is 396 g/mol. The van der Waals surface area contributed by atoms with E-state index in [2.05, 4.69) is 41.3 Å². The molecule has 0 aliphatic rings. The second kappa shape index (κ2) is 6.64. The number of halogens is 1. The maximum atomic E-state index is 10.4. The predicted molar refractivity (Wildman–Crippen MR) is 102 cm³/mol. The lowest BCUT2D eigenvalue weighted by Gasteiger charge is -1.99. The first-order chi connectivity index (χ1) is 12.6. The van der Waals surface area contributed by atoms with E-state index in [1.54, 1.807) is 17.8 Å². The third-order valence-corrected chi connectivity index (χ3v) is 4.45. The van der Waals surface area contributed by atoms with Crippen LogP contribution in [0.5, 0.6) is 5.88 Å². The summed E-state index contributed by atoms with van der Waals surface area (Å²) in [6, 6.07) is 15.3. The molecule has 0 radical (unpaired) electrons. The minimum atomic E-state index is 0.0222. The molecule has 2 aromatic heterocycles. The molecule has 0 aliphatic heterocycles. The number of hydrogen-bond acceptors (Lipinski definition) is 6. The molecule has 0 spiro atoms. The van der Waals surface area contributed by atoms with Crippen LogP contribution >= 0.6 is 15.9 Å². The van der Waals surface area contributed by atoms with Crippen molar-refractivity contribution in [2.45, 2.75) is 0 Å². The molecule has 0 unspecified atom stereocenters. The number of aryl methyl sites for hydroxylation is 1. The predicted octanol–water partition coefficient (Wildman–Crippen LogP) is 4.91. The Bertz CT molecular complexity index is 1120. The van der Waals surface area contributed by atoms with Crippen LogP contribution in [-0.2, 0) is 7.05 Å². The third-order valence-electron chi connectivity index (χ3n) is 3.96. The maximum absolute atomic E-state index is 10.4. The summed E-state index contributed by atoms with van der Waals surface area (Å²) in [5, 5.41) is 27.2. The summed E-state index contributed by atoms with van der Waals surface area (Å²) >= 11 is 3.43. The average molecular weight is 409 g/mol. The van der Waals surface area contributed by atoms with Crippen molar-refractivity contribution in [3.05, 3.63) is 59.2 Å². The first-order valence-electron chi connectivity index (χ1n) is 7.77. The summed E-state index contributed by atoms with van der Waals surface area (Å²) in [7, 11) is 1.76. The van der Waals surface area contributed by atoms with Gasteiger partial charge >= 0.3 is 0 Å². The molecule has 0 saturated heterocycles. The molecule has 4 aromatic rings. The van der Waals surface area contributed by atoms with E-state index in [0.29, 0.717) is 11.4 Å². The van der Waals surface area contributed by atoms with Crippen LogP contribution in [0, 0.1) is 0 Å². The highest BCUT2D eigenvalue weighted by Gasteiger charge is 2.14. The first kappa shape index (κ1) is 16.3. The zero-order valence-corrected chi connectivity index (χ0v) is 15.3. The van der Waals surface area contributed by atoms with Crippen molar-refractivity contribution in [2.24, 2.45) is 17.3 Å². The number of nitrogens with zero attached hydrogens (tertiary/aromatic N) is 6. The Morgan fingerprint density at radius 1 is 1.08 bits per heavy atom. The first-order valence-corrected chi connectivity index (χ1v) is 8.56. The zero-order valence-electron chi connectivity index (χ0n) is 13.7. The van der Waals surface area contributed by atoms with Gasteiger partial charge in [0.15, 0.2) is 5.69 Å². The molecule has 26 heavy (non-hydrogen) atoms. The van der Waals surface area contributed by atoms with Crippen LogP contribution in [0.15, 0.2) is 69.4 Å². The lowest BCUT2D eigenvalue weighted by Crippen LogP contribution is -1.89. The third kappa shape index (κ3) is 2.95. The van der Waals surface area contributed by atoms with Gasteiger partial charge in [0.2, 0.25) is 5.88 Å². The smallest absolute Gasteiger partial charge is 0.288 e. The number of fused-ring (bicyclic) bond motifs is 1. The molecule has 2 heterocycles. The van der Waals surface area contributed by atoms with Gasteiger partial charge in [0.25, 0.3) is 5.95 Å². The summed E-state index contributed by atoms with van der Waals surface area (Å²) in [6.07, 6.45) is 1.57. The number of aromatic nitrogens is 4. The van der Waals surface area contributed by atoms with Crippen LogP contribution < -0.4 is 0 Å². The van der Waals surface area contributed by atoms with E-state index < -0.39 is 0 Å². The lowest BCUT2D eigenvalue weighted by molar-refractivity contribution is 0.436. The fourth-order valence-electron chi connectivity index (χ4n) is 2.66. The Kier molecular flexibility index (Phi) is 4.18. The van der Waals surface area contributed by atoms with Crippen molar-refractivity contribution in [2.75, 3.05) is 0 Å². The lowest BCUT2D eigenvalue weighted by atomic mass is 10.2. The van der Waals surface area contributed by atoms with Crippen molar-refractivity contribution in [3.63, 3.8) is 0 Å². The number of hydrogen-bond donors (Lipinski definition) is 1. The van der Waals surface area contributed by atoms with Crippen molar-refractivity contribution < 1.29 is 5.11 Å². The minimum absolute atomic E-state index is 0.0222. The molecule has 4 rings (SSSR count). The highest BCUT2D eigenvalue weighted by Crippen LogP contribution is 2.39. The summed E-state index contributed by atoms with van der Waals surface area (Å²) in [4.78, 5) is 4.36. The molecule has 0 saturated carbocycles. The standard InChI is InChI=1S/C18H13BrN6O/c1-25-15-8-7-12(19)9-13(15)16(17(25)26)22-24-18-21-14(10-20-23-18)11-5-3-2-4-6-11/h2-10,26H,1H3. The fourth-order valence-corrected chi connectivity index (χ4v) is 3.02. The van der Waals surface area contributed by atoms with Gasteiger partial charge in [0, 0.05) is 22.5 Å². The van der Waals surface area contributed by atoms with Gasteiger partial charge < -0.3 is 9.67 Å². The summed E-state index contributed by atoms with van der Waals surface area (Å²) in [6.45, 7) is 0. The van der Waals surface area contributed by atoms with Gasteiger partial charge in [-0.25, -0.2) is 4.98 Å². The van der Waals surface area contributed by atoms with Crippen molar-refractivity contribution in [3.8, 4) is 17.1 Å². The van der Waals surface area contributed by atoms with Crippen LogP contribution in [0.25, 0.3) is 22.2 Å². The van der Waals surface area contributed by atoms with Crippen molar-refractivity contribution in [1.29, 1.82) is 0 Å². The zero-order chi connectivity index (χ0) is 18.1. The Morgan fingerprint density at radius 2 is 1.88 bits per heavy atom. The van der Waals surface area contributed by atoms with Crippen molar-refractivity contribution >= 4 is 38.5 Å². The summed E-state index contributed by atoms with van der Waals surface area (Å²) in [5.74, 6) is 0.145. The average Bonchev–Trinajstić information content (AvgIpc) is 2.91. The van der Waals surface area contributed by atoms with Gasteiger partial charge in [-0.15, -0.1) is 15.3 Å². The van der Waals surface area contributed by atoms with Crippen molar-refractivity contribution in [1.82, 2.24) is 19.7 Å². The molecule has 0 aliphatic carbocycles. The normalized spacial score (nSPS) is 11.5. The van der Waals surface area contributed by atoms with E-state index in [1.807, 2.05) is 48.5 Å². The van der Waals surface area contributed by atoms with Gasteiger partial charge in [0.1, 0.15) is 0 Å². The molecule has 0 amide bonds. The number of benzene rings is 2. The molecule has 0 fully saturated rings. The molecule has 7 nitrogen and oxygen atoms in total. The topological polar surface area (TPSA) is 88.5 Å². The van der Waals surface area contributed by atoms with E-state index in [1.165, 1.54) is 0 Å². The van der Waals surface area contributed by atoms with Gasteiger partial charge in [-0.05, 0) is 18.2 Å². The number of azo groups is 1. The van der Waals surface area contributed by atoms with Gasteiger partial charge in [-0.2, -0.15) is 5.10 Å². The van der Waals surface area contributed by atoms with Crippen LogP contribution in [0.2, 0.25) is 0 Å². The van der Waals surface area contributed by atoms with Crippen LogP contribution in [0.4, 0.5) is 11.6 Å². The second-order valence-electron chi connectivity index (χ2n) is 5.60. The molecule has 128 valence electrons. The molecule has 2 aromatic carbocycles. The molecule has 8 heteroatoms. The van der Waals surface area contributed by atoms with E-state index in [-0.39, 0.29) is 11.8 Å². The SMILES string of the molecule is Cn1c(O)c(N=Nc2nncc(-c3ccccc3)n2)c2cc(Br)ccc21. The monoisotopic (exact) mass is 408 g/mol. The van der Waals surface area contributed by atoms with E-state index in [4.69, 9.17) is 0 Å².